The minimum absolute atomic E-state index is 0.441. The highest BCUT2D eigenvalue weighted by molar-refractivity contribution is 6.30. The molecule has 0 bridgehead atoms. The Morgan fingerprint density at radius 2 is 1.89 bits per heavy atom. The van der Waals surface area contributed by atoms with Crippen molar-refractivity contribution < 1.29 is 4.74 Å². The van der Waals surface area contributed by atoms with Crippen molar-refractivity contribution in [3.05, 3.63) is 34.9 Å². The van der Waals surface area contributed by atoms with Crippen molar-refractivity contribution in [3.63, 3.8) is 0 Å². The average molecular weight is 280 g/mol. The van der Waals surface area contributed by atoms with Crippen LogP contribution < -0.4 is 5.32 Å². The van der Waals surface area contributed by atoms with Crippen molar-refractivity contribution in [3.8, 4) is 0 Å². The number of halogens is 1. The summed E-state index contributed by atoms with van der Waals surface area (Å²) in [6, 6.07) is 8.95. The van der Waals surface area contributed by atoms with Gasteiger partial charge in [-0.2, -0.15) is 0 Å². The summed E-state index contributed by atoms with van der Waals surface area (Å²) >= 11 is 5.96. The Labute approximate surface area is 120 Å². The number of hydrogen-bond acceptors (Lipinski definition) is 2. The zero-order chi connectivity index (χ0) is 13.1. The lowest BCUT2D eigenvalue weighted by molar-refractivity contribution is 0.110. The molecule has 1 aromatic rings. The fraction of sp³-hybridized carbons (Fsp3) is 0.625. The first-order chi connectivity index (χ1) is 9.31. The lowest BCUT2D eigenvalue weighted by atomic mass is 10.00. The third-order valence-corrected chi connectivity index (χ3v) is 4.19. The minimum Gasteiger partial charge on any atom is -0.380 e. The molecule has 1 atom stereocenters. The monoisotopic (exact) mass is 279 g/mol. The highest BCUT2D eigenvalue weighted by atomic mass is 35.5. The smallest absolute Gasteiger partial charge is 0.0547 e. The molecule has 104 valence electrons. The fourth-order valence-corrected chi connectivity index (χ4v) is 2.39. The molecule has 2 aliphatic rings. The number of rotatable bonds is 8. The molecule has 19 heavy (non-hydrogen) atoms. The Morgan fingerprint density at radius 3 is 2.53 bits per heavy atom. The molecule has 2 aliphatic carbocycles. The number of ether oxygens (including phenoxy) is 1. The van der Waals surface area contributed by atoms with Crippen LogP contribution in [-0.4, -0.2) is 25.8 Å². The number of hydrogen-bond donors (Lipinski definition) is 1. The summed E-state index contributed by atoms with van der Waals surface area (Å²) in [6.45, 7) is 2.77. The van der Waals surface area contributed by atoms with Gasteiger partial charge in [-0.3, -0.25) is 0 Å². The van der Waals surface area contributed by atoms with E-state index in [0.717, 1.165) is 36.7 Å². The van der Waals surface area contributed by atoms with Crippen LogP contribution in [0.1, 0.15) is 37.2 Å². The molecule has 0 radical (unpaired) electrons. The zero-order valence-corrected chi connectivity index (χ0v) is 12.0. The Balaban J connectivity index is 1.54. The molecule has 0 aromatic heterocycles. The molecule has 0 amide bonds. The predicted molar refractivity (Wildman–Crippen MR) is 78.8 cm³/mol. The molecule has 1 N–H and O–H groups in total. The standard InChI is InChI=1S/C16H22ClNO/c17-15-5-3-13(4-6-15)14(9-18-16-7-8-16)11-19-10-12-1-2-12/h3-6,12,14,16,18H,1-2,7-11H2. The molecule has 1 unspecified atom stereocenters. The van der Waals surface area contributed by atoms with Gasteiger partial charge in [-0.05, 0) is 49.3 Å². The van der Waals surface area contributed by atoms with Crippen LogP contribution in [0.25, 0.3) is 0 Å². The highest BCUT2D eigenvalue weighted by Crippen LogP contribution is 2.29. The molecule has 2 fully saturated rings. The van der Waals surface area contributed by atoms with Gasteiger partial charge in [0, 0.05) is 30.1 Å². The van der Waals surface area contributed by atoms with Crippen LogP contribution in [0.4, 0.5) is 0 Å². The number of benzene rings is 1. The van der Waals surface area contributed by atoms with Gasteiger partial charge in [-0.1, -0.05) is 23.7 Å². The molecule has 3 heteroatoms. The molecular formula is C16H22ClNO. The van der Waals surface area contributed by atoms with Crippen LogP contribution in [0.3, 0.4) is 0 Å². The number of nitrogens with one attached hydrogen (secondary N) is 1. The van der Waals surface area contributed by atoms with E-state index in [1.807, 2.05) is 12.1 Å². The van der Waals surface area contributed by atoms with E-state index in [-0.39, 0.29) is 0 Å². The van der Waals surface area contributed by atoms with Gasteiger partial charge < -0.3 is 10.1 Å². The van der Waals surface area contributed by atoms with Crippen LogP contribution in [0, 0.1) is 5.92 Å². The van der Waals surface area contributed by atoms with Crippen molar-refractivity contribution in [2.75, 3.05) is 19.8 Å². The summed E-state index contributed by atoms with van der Waals surface area (Å²) in [5.74, 6) is 1.28. The summed E-state index contributed by atoms with van der Waals surface area (Å²) in [5, 5.41) is 4.41. The quantitative estimate of drug-likeness (QED) is 0.785. The van der Waals surface area contributed by atoms with E-state index in [1.165, 1.54) is 31.2 Å². The Hall–Kier alpha value is -0.570. The predicted octanol–water partition coefficient (Wildman–Crippen LogP) is 3.60. The van der Waals surface area contributed by atoms with Crippen LogP contribution in [-0.2, 0) is 4.74 Å². The second kappa shape index (κ2) is 6.25. The molecule has 2 saturated carbocycles. The topological polar surface area (TPSA) is 21.3 Å². The normalized spacial score (nSPS) is 20.5. The molecular weight excluding hydrogens is 258 g/mol. The van der Waals surface area contributed by atoms with E-state index in [9.17, 15) is 0 Å². The first kappa shape index (κ1) is 13.4. The van der Waals surface area contributed by atoms with Crippen molar-refractivity contribution in [2.45, 2.75) is 37.6 Å². The molecule has 0 spiro atoms. The maximum atomic E-state index is 5.96. The second-order valence-electron chi connectivity index (χ2n) is 5.91. The van der Waals surface area contributed by atoms with Crippen LogP contribution in [0.15, 0.2) is 24.3 Å². The van der Waals surface area contributed by atoms with Crippen LogP contribution in [0.2, 0.25) is 5.02 Å². The first-order valence-corrected chi connectivity index (χ1v) is 7.75. The molecule has 0 aliphatic heterocycles. The molecule has 0 saturated heterocycles. The SMILES string of the molecule is Clc1ccc(C(CNC2CC2)COCC2CC2)cc1. The van der Waals surface area contributed by atoms with Crippen molar-refractivity contribution in [1.29, 1.82) is 0 Å². The Morgan fingerprint density at radius 1 is 1.16 bits per heavy atom. The fourth-order valence-electron chi connectivity index (χ4n) is 2.27. The summed E-state index contributed by atoms with van der Waals surface area (Å²) in [6.07, 6.45) is 5.37. The van der Waals surface area contributed by atoms with E-state index in [2.05, 4.69) is 17.4 Å². The van der Waals surface area contributed by atoms with Gasteiger partial charge in [-0.15, -0.1) is 0 Å². The Bertz CT molecular complexity index is 398. The van der Waals surface area contributed by atoms with Gasteiger partial charge in [0.25, 0.3) is 0 Å². The summed E-state index contributed by atoms with van der Waals surface area (Å²) < 4.78 is 5.88. The van der Waals surface area contributed by atoms with Gasteiger partial charge >= 0.3 is 0 Å². The summed E-state index contributed by atoms with van der Waals surface area (Å²) in [5.41, 5.74) is 1.33. The van der Waals surface area contributed by atoms with E-state index < -0.39 is 0 Å². The largest absolute Gasteiger partial charge is 0.380 e. The highest BCUT2D eigenvalue weighted by Gasteiger charge is 2.24. The van der Waals surface area contributed by atoms with Crippen molar-refractivity contribution in [1.82, 2.24) is 5.32 Å². The second-order valence-corrected chi connectivity index (χ2v) is 6.35. The Kier molecular flexibility index (Phi) is 4.42. The third-order valence-electron chi connectivity index (χ3n) is 3.94. The zero-order valence-electron chi connectivity index (χ0n) is 11.3. The van der Waals surface area contributed by atoms with E-state index in [0.29, 0.717) is 5.92 Å². The molecule has 1 aromatic carbocycles. The van der Waals surface area contributed by atoms with Gasteiger partial charge in [-0.25, -0.2) is 0 Å². The van der Waals surface area contributed by atoms with Gasteiger partial charge in [0.2, 0.25) is 0 Å². The van der Waals surface area contributed by atoms with Crippen molar-refractivity contribution >= 4 is 11.6 Å². The minimum atomic E-state index is 0.441. The van der Waals surface area contributed by atoms with Gasteiger partial charge in [0.15, 0.2) is 0 Å². The average Bonchev–Trinajstić information content (AvgIpc) is 3.28. The summed E-state index contributed by atoms with van der Waals surface area (Å²) in [7, 11) is 0. The van der Waals surface area contributed by atoms with E-state index in [4.69, 9.17) is 16.3 Å². The van der Waals surface area contributed by atoms with Gasteiger partial charge in [0.1, 0.15) is 0 Å². The lowest BCUT2D eigenvalue weighted by Gasteiger charge is -2.18. The van der Waals surface area contributed by atoms with Gasteiger partial charge in [0.05, 0.1) is 6.61 Å². The molecule has 3 rings (SSSR count). The maximum absolute atomic E-state index is 5.96. The van der Waals surface area contributed by atoms with Crippen molar-refractivity contribution in [2.24, 2.45) is 5.92 Å². The summed E-state index contributed by atoms with van der Waals surface area (Å²) in [4.78, 5) is 0. The van der Waals surface area contributed by atoms with E-state index >= 15 is 0 Å². The maximum Gasteiger partial charge on any atom is 0.0547 e. The van der Waals surface area contributed by atoms with E-state index in [1.54, 1.807) is 0 Å². The van der Waals surface area contributed by atoms with Crippen LogP contribution in [0.5, 0.6) is 0 Å². The molecule has 2 nitrogen and oxygen atoms in total. The lowest BCUT2D eigenvalue weighted by Crippen LogP contribution is -2.26. The first-order valence-electron chi connectivity index (χ1n) is 7.38. The third kappa shape index (κ3) is 4.48. The molecule has 0 heterocycles. The van der Waals surface area contributed by atoms with Crippen LogP contribution >= 0.6 is 11.6 Å².